The second-order valence-corrected chi connectivity index (χ2v) is 3.75. The standard InChI is InChI=1S/C10H7ClN4O/c11-6-1-8-9(2-7(6)12)16-10(15-8)5-3-13-14-4-5/h1-4H,12H2,(H,13,14). The first-order chi connectivity index (χ1) is 7.74. The minimum absolute atomic E-state index is 0.472. The Kier molecular flexibility index (Phi) is 1.87. The highest BCUT2D eigenvalue weighted by Gasteiger charge is 2.10. The van der Waals surface area contributed by atoms with Crippen molar-refractivity contribution in [3.05, 3.63) is 29.5 Å². The zero-order valence-corrected chi connectivity index (χ0v) is 8.82. The molecule has 0 aliphatic carbocycles. The number of rotatable bonds is 1. The number of nitrogens with two attached hydrogens (primary N) is 1. The van der Waals surface area contributed by atoms with Gasteiger partial charge in [-0.2, -0.15) is 5.10 Å². The van der Waals surface area contributed by atoms with Crippen molar-refractivity contribution in [2.75, 3.05) is 5.73 Å². The van der Waals surface area contributed by atoms with Crippen molar-refractivity contribution < 1.29 is 4.42 Å². The summed E-state index contributed by atoms with van der Waals surface area (Å²) in [5, 5.41) is 6.99. The molecule has 2 heterocycles. The van der Waals surface area contributed by atoms with E-state index in [0.29, 0.717) is 27.7 Å². The van der Waals surface area contributed by atoms with Crippen LogP contribution in [0, 0.1) is 0 Å². The van der Waals surface area contributed by atoms with Gasteiger partial charge in [-0.1, -0.05) is 11.6 Å². The quantitative estimate of drug-likeness (QED) is 0.634. The van der Waals surface area contributed by atoms with Crippen LogP contribution in [0.25, 0.3) is 22.6 Å². The minimum atomic E-state index is 0.472. The molecular weight excluding hydrogens is 228 g/mol. The first-order valence-corrected chi connectivity index (χ1v) is 4.96. The van der Waals surface area contributed by atoms with Crippen LogP contribution in [0.5, 0.6) is 0 Å². The van der Waals surface area contributed by atoms with Crippen LogP contribution in [0.2, 0.25) is 5.02 Å². The first kappa shape index (κ1) is 9.23. The van der Waals surface area contributed by atoms with Gasteiger partial charge in [0.2, 0.25) is 5.89 Å². The van der Waals surface area contributed by atoms with Crippen LogP contribution in [0.4, 0.5) is 5.69 Å². The van der Waals surface area contributed by atoms with E-state index >= 15 is 0 Å². The number of hydrogen-bond donors (Lipinski definition) is 2. The van der Waals surface area contributed by atoms with Crippen molar-refractivity contribution in [2.45, 2.75) is 0 Å². The number of anilines is 1. The summed E-state index contributed by atoms with van der Waals surface area (Å²) in [5.41, 5.74) is 8.22. The van der Waals surface area contributed by atoms with Crippen LogP contribution in [-0.4, -0.2) is 15.2 Å². The third-order valence-electron chi connectivity index (χ3n) is 2.25. The summed E-state index contributed by atoms with van der Waals surface area (Å²) in [4.78, 5) is 4.29. The maximum atomic E-state index is 5.90. The van der Waals surface area contributed by atoms with E-state index in [1.54, 1.807) is 24.5 Å². The van der Waals surface area contributed by atoms with E-state index in [-0.39, 0.29) is 0 Å². The fraction of sp³-hybridized carbons (Fsp3) is 0. The molecule has 80 valence electrons. The topological polar surface area (TPSA) is 80.7 Å². The predicted molar refractivity (Wildman–Crippen MR) is 61.0 cm³/mol. The predicted octanol–water partition coefficient (Wildman–Crippen LogP) is 2.45. The lowest BCUT2D eigenvalue weighted by Gasteiger charge is -1.94. The third-order valence-corrected chi connectivity index (χ3v) is 2.58. The fourth-order valence-corrected chi connectivity index (χ4v) is 1.61. The monoisotopic (exact) mass is 234 g/mol. The Balaban J connectivity index is 2.23. The molecule has 3 N–H and O–H groups in total. The number of hydrogen-bond acceptors (Lipinski definition) is 4. The summed E-state index contributed by atoms with van der Waals surface area (Å²) in [7, 11) is 0. The van der Waals surface area contributed by atoms with Crippen LogP contribution in [-0.2, 0) is 0 Å². The van der Waals surface area contributed by atoms with Crippen LogP contribution in [0.3, 0.4) is 0 Å². The second kappa shape index (κ2) is 3.24. The normalized spacial score (nSPS) is 11.1. The van der Waals surface area contributed by atoms with Crippen molar-refractivity contribution in [1.82, 2.24) is 15.2 Å². The number of aromatic nitrogens is 3. The molecule has 0 atom stereocenters. The maximum absolute atomic E-state index is 5.90. The zero-order valence-electron chi connectivity index (χ0n) is 8.07. The van der Waals surface area contributed by atoms with Gasteiger partial charge < -0.3 is 10.2 Å². The number of nitrogens with one attached hydrogen (secondary N) is 1. The van der Waals surface area contributed by atoms with Gasteiger partial charge in [-0.25, -0.2) is 4.98 Å². The molecular formula is C10H7ClN4O. The summed E-state index contributed by atoms with van der Waals surface area (Å²) in [6.07, 6.45) is 3.34. The third kappa shape index (κ3) is 1.33. The zero-order chi connectivity index (χ0) is 11.1. The number of nitrogen functional groups attached to an aromatic ring is 1. The van der Waals surface area contributed by atoms with Crippen LogP contribution in [0.1, 0.15) is 0 Å². The van der Waals surface area contributed by atoms with E-state index in [0.717, 1.165) is 5.56 Å². The molecule has 3 rings (SSSR count). The smallest absolute Gasteiger partial charge is 0.230 e. The molecule has 1 aromatic carbocycles. The van der Waals surface area contributed by atoms with Crippen LogP contribution in [0.15, 0.2) is 28.9 Å². The van der Waals surface area contributed by atoms with E-state index in [9.17, 15) is 0 Å². The fourth-order valence-electron chi connectivity index (χ4n) is 1.46. The van der Waals surface area contributed by atoms with E-state index in [1.807, 2.05) is 0 Å². The summed E-state index contributed by atoms with van der Waals surface area (Å²) >= 11 is 5.90. The maximum Gasteiger partial charge on any atom is 0.230 e. The second-order valence-electron chi connectivity index (χ2n) is 3.35. The Morgan fingerprint density at radius 1 is 1.38 bits per heavy atom. The van der Waals surface area contributed by atoms with E-state index < -0.39 is 0 Å². The van der Waals surface area contributed by atoms with Gasteiger partial charge in [-0.15, -0.1) is 0 Å². The highest BCUT2D eigenvalue weighted by molar-refractivity contribution is 6.33. The summed E-state index contributed by atoms with van der Waals surface area (Å²) < 4.78 is 5.54. The average molecular weight is 235 g/mol. The molecule has 0 aliphatic rings. The Morgan fingerprint density at radius 2 is 2.25 bits per heavy atom. The SMILES string of the molecule is Nc1cc2oc(-c3cn[nH]c3)nc2cc1Cl. The van der Waals surface area contributed by atoms with Gasteiger partial charge in [0, 0.05) is 12.3 Å². The van der Waals surface area contributed by atoms with Crippen molar-refractivity contribution in [1.29, 1.82) is 0 Å². The van der Waals surface area contributed by atoms with Gasteiger partial charge in [-0.05, 0) is 6.07 Å². The lowest BCUT2D eigenvalue weighted by atomic mass is 10.3. The number of halogens is 1. The van der Waals surface area contributed by atoms with Gasteiger partial charge in [0.25, 0.3) is 0 Å². The number of benzene rings is 1. The van der Waals surface area contributed by atoms with Crippen molar-refractivity contribution in [3.63, 3.8) is 0 Å². The minimum Gasteiger partial charge on any atom is -0.436 e. The molecule has 0 saturated carbocycles. The van der Waals surface area contributed by atoms with Gasteiger partial charge in [-0.3, -0.25) is 5.10 Å². The van der Waals surface area contributed by atoms with Crippen LogP contribution < -0.4 is 5.73 Å². The highest BCUT2D eigenvalue weighted by Crippen LogP contribution is 2.29. The average Bonchev–Trinajstić information content (AvgIpc) is 2.86. The largest absolute Gasteiger partial charge is 0.436 e. The molecule has 0 saturated heterocycles. The molecule has 6 heteroatoms. The number of nitrogens with zero attached hydrogens (tertiary/aromatic N) is 2. The summed E-state index contributed by atoms with van der Waals surface area (Å²) in [5.74, 6) is 0.491. The Morgan fingerprint density at radius 3 is 3.00 bits per heavy atom. The van der Waals surface area contributed by atoms with Crippen molar-refractivity contribution in [3.8, 4) is 11.5 Å². The van der Waals surface area contributed by atoms with Gasteiger partial charge in [0.1, 0.15) is 5.52 Å². The Labute approximate surface area is 95.2 Å². The number of oxazole rings is 1. The van der Waals surface area contributed by atoms with Gasteiger partial charge >= 0.3 is 0 Å². The van der Waals surface area contributed by atoms with Gasteiger partial charge in [0.15, 0.2) is 5.58 Å². The molecule has 0 bridgehead atoms. The molecule has 16 heavy (non-hydrogen) atoms. The number of H-pyrrole nitrogens is 1. The van der Waals surface area contributed by atoms with Crippen molar-refractivity contribution in [2.24, 2.45) is 0 Å². The summed E-state index contributed by atoms with van der Waals surface area (Å²) in [6.45, 7) is 0. The van der Waals surface area contributed by atoms with Gasteiger partial charge in [0.05, 0.1) is 22.5 Å². The highest BCUT2D eigenvalue weighted by atomic mass is 35.5. The molecule has 2 aromatic heterocycles. The van der Waals surface area contributed by atoms with E-state index in [2.05, 4.69) is 15.2 Å². The molecule has 0 unspecified atom stereocenters. The molecule has 0 radical (unpaired) electrons. The Hall–Kier alpha value is -2.01. The molecule has 3 aromatic rings. The number of aromatic amines is 1. The van der Waals surface area contributed by atoms with E-state index in [1.165, 1.54) is 0 Å². The molecule has 0 fully saturated rings. The Bertz CT molecular complexity index is 605. The summed E-state index contributed by atoms with van der Waals surface area (Å²) in [6, 6.07) is 3.34. The lowest BCUT2D eigenvalue weighted by molar-refractivity contribution is 0.620. The lowest BCUT2D eigenvalue weighted by Crippen LogP contribution is -1.84. The molecule has 5 nitrogen and oxygen atoms in total. The molecule has 0 amide bonds. The number of fused-ring (bicyclic) bond motifs is 1. The van der Waals surface area contributed by atoms with Crippen LogP contribution >= 0.6 is 11.6 Å². The first-order valence-electron chi connectivity index (χ1n) is 4.59. The molecule has 0 spiro atoms. The van der Waals surface area contributed by atoms with Crippen molar-refractivity contribution >= 4 is 28.4 Å². The van der Waals surface area contributed by atoms with E-state index in [4.69, 9.17) is 21.8 Å². The molecule has 0 aliphatic heterocycles.